The number of piperazine rings is 1. The van der Waals surface area contributed by atoms with Crippen LogP contribution in [0.2, 0.25) is 0 Å². The zero-order valence-corrected chi connectivity index (χ0v) is 14.7. The average Bonchev–Trinajstić information content (AvgIpc) is 2.46. The summed E-state index contributed by atoms with van der Waals surface area (Å²) in [6.45, 7) is 8.51. The fourth-order valence-electron chi connectivity index (χ4n) is 3.74. The van der Waals surface area contributed by atoms with Gasteiger partial charge in [-0.15, -0.1) is 0 Å². The lowest BCUT2D eigenvalue weighted by Gasteiger charge is -2.49. The molecule has 2 aliphatic rings. The third-order valence-electron chi connectivity index (χ3n) is 5.40. The number of nitrogens with one attached hydrogen (secondary N) is 1. The number of nitrogens with zero attached hydrogens (tertiary/aromatic N) is 1. The second kappa shape index (κ2) is 6.97. The van der Waals surface area contributed by atoms with Crippen molar-refractivity contribution in [3.05, 3.63) is 0 Å². The summed E-state index contributed by atoms with van der Waals surface area (Å²) in [6.07, 6.45) is 7.55. The summed E-state index contributed by atoms with van der Waals surface area (Å²) in [5, 5.41) is 3.53. The zero-order valence-electron chi connectivity index (χ0n) is 13.9. The Morgan fingerprint density at radius 1 is 1.24 bits per heavy atom. The van der Waals surface area contributed by atoms with E-state index in [0.717, 1.165) is 19.5 Å². The van der Waals surface area contributed by atoms with Crippen molar-refractivity contribution in [2.24, 2.45) is 0 Å². The lowest BCUT2D eigenvalue weighted by Crippen LogP contribution is -2.65. The van der Waals surface area contributed by atoms with Gasteiger partial charge in [0.15, 0.2) is 9.84 Å². The minimum absolute atomic E-state index is 0.255. The number of hydrogen-bond acceptors (Lipinski definition) is 4. The summed E-state index contributed by atoms with van der Waals surface area (Å²) in [5.41, 5.74) is 0.255. The summed E-state index contributed by atoms with van der Waals surface area (Å²) in [7, 11) is -2.93. The van der Waals surface area contributed by atoms with Crippen LogP contribution in [0.1, 0.15) is 59.3 Å². The first-order valence-corrected chi connectivity index (χ1v) is 10.3. The monoisotopic (exact) mass is 316 g/mol. The predicted octanol–water partition coefficient (Wildman–Crippen LogP) is 2.20. The minimum Gasteiger partial charge on any atom is -0.308 e. The molecule has 1 aliphatic carbocycles. The van der Waals surface area contributed by atoms with E-state index >= 15 is 0 Å². The summed E-state index contributed by atoms with van der Waals surface area (Å²) >= 11 is 0. The van der Waals surface area contributed by atoms with E-state index < -0.39 is 9.84 Å². The van der Waals surface area contributed by atoms with Crippen molar-refractivity contribution < 1.29 is 8.42 Å². The number of hydrogen-bond donors (Lipinski definition) is 1. The van der Waals surface area contributed by atoms with Crippen LogP contribution in [0.3, 0.4) is 0 Å². The Kier molecular flexibility index (Phi) is 5.71. The molecule has 1 atom stereocenters. The summed E-state index contributed by atoms with van der Waals surface area (Å²) in [5.74, 6) is 0.303. The maximum atomic E-state index is 12.1. The molecule has 0 aromatic heterocycles. The highest BCUT2D eigenvalue weighted by molar-refractivity contribution is 7.92. The van der Waals surface area contributed by atoms with Gasteiger partial charge in [0, 0.05) is 31.2 Å². The summed E-state index contributed by atoms with van der Waals surface area (Å²) in [4.78, 5) is 2.45. The first kappa shape index (κ1) is 17.2. The van der Waals surface area contributed by atoms with Crippen molar-refractivity contribution in [2.45, 2.75) is 76.1 Å². The van der Waals surface area contributed by atoms with Crippen LogP contribution in [0, 0.1) is 0 Å². The highest BCUT2D eigenvalue weighted by Crippen LogP contribution is 2.32. The van der Waals surface area contributed by atoms with Crippen LogP contribution < -0.4 is 5.32 Å². The van der Waals surface area contributed by atoms with Crippen LogP contribution in [0.15, 0.2) is 0 Å². The van der Waals surface area contributed by atoms with Gasteiger partial charge in [-0.1, -0.05) is 26.2 Å². The lowest BCUT2D eigenvalue weighted by molar-refractivity contribution is 0.0586. The molecule has 1 N–H and O–H groups in total. The molecule has 0 aromatic rings. The molecule has 5 heteroatoms. The molecule has 124 valence electrons. The standard InChI is InChI=1S/C16H32N2O2S/c1-4-15-12-17-16(8-6-5-7-9-16)13-18(15)10-11-21(19,20)14(2)3/h14-15,17H,4-13H2,1-3H3. The van der Waals surface area contributed by atoms with Gasteiger partial charge in [0.2, 0.25) is 0 Å². The maximum absolute atomic E-state index is 12.1. The van der Waals surface area contributed by atoms with Crippen molar-refractivity contribution in [1.29, 1.82) is 0 Å². The largest absolute Gasteiger partial charge is 0.308 e. The van der Waals surface area contributed by atoms with Gasteiger partial charge in [-0.2, -0.15) is 0 Å². The van der Waals surface area contributed by atoms with E-state index in [1.807, 2.05) is 0 Å². The van der Waals surface area contributed by atoms with Crippen molar-refractivity contribution in [3.63, 3.8) is 0 Å². The van der Waals surface area contributed by atoms with Crippen molar-refractivity contribution in [1.82, 2.24) is 10.2 Å². The Bertz CT molecular complexity index is 428. The van der Waals surface area contributed by atoms with Gasteiger partial charge in [-0.05, 0) is 33.1 Å². The molecule has 1 aliphatic heterocycles. The highest BCUT2D eigenvalue weighted by atomic mass is 32.2. The zero-order chi connectivity index (χ0) is 15.5. The van der Waals surface area contributed by atoms with Crippen LogP contribution in [-0.4, -0.2) is 55.5 Å². The fraction of sp³-hybridized carbons (Fsp3) is 1.00. The number of sulfone groups is 1. The third kappa shape index (κ3) is 4.20. The van der Waals surface area contributed by atoms with Crippen LogP contribution in [0.5, 0.6) is 0 Å². The van der Waals surface area contributed by atoms with E-state index in [4.69, 9.17) is 0 Å². The Hall–Kier alpha value is -0.130. The molecular weight excluding hydrogens is 284 g/mol. The van der Waals surface area contributed by atoms with Crippen molar-refractivity contribution >= 4 is 9.84 Å². The molecule has 1 saturated carbocycles. The van der Waals surface area contributed by atoms with Crippen LogP contribution in [-0.2, 0) is 9.84 Å². The predicted molar refractivity (Wildman–Crippen MR) is 88.4 cm³/mol. The quantitative estimate of drug-likeness (QED) is 0.845. The summed E-state index contributed by atoms with van der Waals surface area (Å²) in [6, 6.07) is 0.486. The minimum atomic E-state index is -2.93. The van der Waals surface area contributed by atoms with E-state index in [1.54, 1.807) is 13.8 Å². The van der Waals surface area contributed by atoms with Gasteiger partial charge in [-0.3, -0.25) is 4.90 Å². The second-order valence-corrected chi connectivity index (χ2v) is 9.85. The second-order valence-electron chi connectivity index (χ2n) is 7.17. The molecule has 0 amide bonds. The Morgan fingerprint density at radius 3 is 2.48 bits per heavy atom. The van der Waals surface area contributed by atoms with Crippen LogP contribution >= 0.6 is 0 Å². The van der Waals surface area contributed by atoms with E-state index in [9.17, 15) is 8.42 Å². The van der Waals surface area contributed by atoms with Crippen molar-refractivity contribution in [3.8, 4) is 0 Å². The van der Waals surface area contributed by atoms with Gasteiger partial charge in [0.1, 0.15) is 0 Å². The SMILES string of the molecule is CCC1CNC2(CCCCC2)CN1CCS(=O)(=O)C(C)C. The van der Waals surface area contributed by atoms with Crippen LogP contribution in [0.25, 0.3) is 0 Å². The summed E-state index contributed by atoms with van der Waals surface area (Å²) < 4.78 is 24.2. The number of rotatable bonds is 5. The molecule has 1 spiro atoms. The van der Waals surface area contributed by atoms with Gasteiger partial charge in [-0.25, -0.2) is 8.42 Å². The van der Waals surface area contributed by atoms with Gasteiger partial charge >= 0.3 is 0 Å². The lowest BCUT2D eigenvalue weighted by atomic mass is 9.79. The highest BCUT2D eigenvalue weighted by Gasteiger charge is 2.39. The molecule has 0 aromatic carbocycles. The first-order valence-electron chi connectivity index (χ1n) is 8.59. The molecule has 4 nitrogen and oxygen atoms in total. The molecule has 1 unspecified atom stereocenters. The first-order chi connectivity index (χ1) is 9.88. The van der Waals surface area contributed by atoms with Crippen LogP contribution in [0.4, 0.5) is 0 Å². The van der Waals surface area contributed by atoms with Crippen molar-refractivity contribution in [2.75, 3.05) is 25.4 Å². The normalized spacial score (nSPS) is 27.3. The fourth-order valence-corrected chi connectivity index (χ4v) is 4.71. The topological polar surface area (TPSA) is 49.4 Å². The Balaban J connectivity index is 2.00. The Labute approximate surface area is 130 Å². The molecule has 2 rings (SSSR count). The molecular formula is C16H32N2O2S. The molecule has 21 heavy (non-hydrogen) atoms. The average molecular weight is 317 g/mol. The maximum Gasteiger partial charge on any atom is 0.153 e. The molecule has 0 bridgehead atoms. The third-order valence-corrected chi connectivity index (χ3v) is 7.59. The van der Waals surface area contributed by atoms with E-state index in [0.29, 0.717) is 18.3 Å². The smallest absolute Gasteiger partial charge is 0.153 e. The van der Waals surface area contributed by atoms with E-state index in [-0.39, 0.29) is 10.8 Å². The van der Waals surface area contributed by atoms with Gasteiger partial charge < -0.3 is 5.32 Å². The van der Waals surface area contributed by atoms with E-state index in [2.05, 4.69) is 17.1 Å². The van der Waals surface area contributed by atoms with Gasteiger partial charge in [0.25, 0.3) is 0 Å². The molecule has 0 radical (unpaired) electrons. The molecule has 2 fully saturated rings. The molecule has 1 heterocycles. The van der Waals surface area contributed by atoms with E-state index in [1.165, 1.54) is 32.1 Å². The molecule has 1 saturated heterocycles. The van der Waals surface area contributed by atoms with Gasteiger partial charge in [0.05, 0.1) is 11.0 Å². The Morgan fingerprint density at radius 2 is 1.90 bits per heavy atom.